The third-order valence-corrected chi connectivity index (χ3v) is 9.07. The fraction of sp³-hybridized carbons (Fsp3) is 0.226. The zero-order valence-electron chi connectivity index (χ0n) is 18.7. The van der Waals surface area contributed by atoms with Crippen LogP contribution in [0.4, 0.5) is 0 Å². The largest absolute Gasteiger partial charge is 0.497 e. The van der Waals surface area contributed by atoms with Crippen LogP contribution in [0.15, 0.2) is 84.9 Å². The summed E-state index contributed by atoms with van der Waals surface area (Å²) in [5.41, 5.74) is 11.9. The number of ether oxygens (including phenoxy) is 2. The van der Waals surface area contributed by atoms with E-state index in [9.17, 15) is 0 Å². The van der Waals surface area contributed by atoms with Crippen LogP contribution in [0.2, 0.25) is 0 Å². The van der Waals surface area contributed by atoms with Gasteiger partial charge < -0.3 is 9.47 Å². The summed E-state index contributed by atoms with van der Waals surface area (Å²) in [5, 5.41) is 0. The zero-order chi connectivity index (χ0) is 21.9. The van der Waals surface area contributed by atoms with Crippen molar-refractivity contribution in [1.29, 1.82) is 0 Å². The van der Waals surface area contributed by atoms with E-state index in [-0.39, 0.29) is 5.41 Å². The van der Waals surface area contributed by atoms with Gasteiger partial charge in [0.25, 0.3) is 0 Å². The second-order valence-electron chi connectivity index (χ2n) is 9.98. The van der Waals surface area contributed by atoms with Gasteiger partial charge in [0.05, 0.1) is 14.2 Å². The lowest BCUT2D eigenvalue weighted by molar-refractivity contribution is 0.241. The number of methoxy groups -OCH3 is 2. The van der Waals surface area contributed by atoms with Gasteiger partial charge in [-0.1, -0.05) is 60.7 Å². The molecule has 2 heteroatoms. The fourth-order valence-corrected chi connectivity index (χ4v) is 8.28. The monoisotopic (exact) mass is 428 g/mol. The first-order chi connectivity index (χ1) is 16.3. The van der Waals surface area contributed by atoms with E-state index in [1.807, 2.05) is 0 Å². The van der Waals surface area contributed by atoms with Crippen molar-refractivity contribution in [3.8, 4) is 11.5 Å². The molecule has 0 unspecified atom stereocenters. The molecule has 1 spiro atoms. The molecule has 4 atom stereocenters. The zero-order valence-corrected chi connectivity index (χ0v) is 18.7. The quantitative estimate of drug-likeness (QED) is 0.359. The minimum Gasteiger partial charge on any atom is -0.497 e. The highest BCUT2D eigenvalue weighted by Gasteiger charge is 2.73. The summed E-state index contributed by atoms with van der Waals surface area (Å²) in [6, 6.07) is 32.0. The predicted molar refractivity (Wildman–Crippen MR) is 129 cm³/mol. The molecule has 4 aliphatic carbocycles. The van der Waals surface area contributed by atoms with Gasteiger partial charge in [-0.2, -0.15) is 0 Å². The summed E-state index contributed by atoms with van der Waals surface area (Å²) in [4.78, 5) is 0. The lowest BCUT2D eigenvalue weighted by atomic mass is 9.64. The fourth-order valence-electron chi connectivity index (χ4n) is 8.28. The lowest BCUT2D eigenvalue weighted by Crippen LogP contribution is -2.30. The van der Waals surface area contributed by atoms with E-state index in [0.717, 1.165) is 11.5 Å². The predicted octanol–water partition coefficient (Wildman–Crippen LogP) is 6.57. The maximum Gasteiger partial charge on any atom is 0.119 e. The Kier molecular flexibility index (Phi) is 3.20. The van der Waals surface area contributed by atoms with E-state index in [2.05, 4.69) is 84.9 Å². The van der Waals surface area contributed by atoms with E-state index in [0.29, 0.717) is 23.7 Å². The first kappa shape index (κ1) is 18.0. The SMILES string of the molecule is COc1ccc2c(c1)[C@H]1c3ccccc3[C@@H]3c4cc(OC)ccc4[C@H]4c5ccccc5[C@H]2C413. The number of hydrogen-bond donors (Lipinski definition) is 0. The third kappa shape index (κ3) is 1.83. The average Bonchev–Trinajstić information content (AvgIpc) is 3.50. The van der Waals surface area contributed by atoms with E-state index < -0.39 is 0 Å². The molecule has 2 nitrogen and oxygen atoms in total. The van der Waals surface area contributed by atoms with Crippen LogP contribution in [0.3, 0.4) is 0 Å². The van der Waals surface area contributed by atoms with Crippen molar-refractivity contribution >= 4 is 0 Å². The molecule has 0 aromatic heterocycles. The molecular weight excluding hydrogens is 404 g/mol. The van der Waals surface area contributed by atoms with Gasteiger partial charge in [0, 0.05) is 29.1 Å². The minimum absolute atomic E-state index is 0.0524. The molecule has 4 aromatic rings. The van der Waals surface area contributed by atoms with Crippen LogP contribution in [0.5, 0.6) is 11.5 Å². The number of benzene rings is 4. The van der Waals surface area contributed by atoms with Gasteiger partial charge in [0.15, 0.2) is 0 Å². The Hall–Kier alpha value is -3.52. The van der Waals surface area contributed by atoms with Crippen molar-refractivity contribution in [3.05, 3.63) is 129 Å². The van der Waals surface area contributed by atoms with Crippen molar-refractivity contribution in [2.45, 2.75) is 23.7 Å². The summed E-state index contributed by atoms with van der Waals surface area (Å²) >= 11 is 0. The van der Waals surface area contributed by atoms with Crippen molar-refractivity contribution in [2.75, 3.05) is 14.2 Å². The van der Waals surface area contributed by atoms with Crippen LogP contribution in [-0.4, -0.2) is 14.2 Å². The highest BCUT2D eigenvalue weighted by molar-refractivity contribution is 5.74. The molecular formula is C31H24O2. The van der Waals surface area contributed by atoms with Gasteiger partial charge in [-0.25, -0.2) is 0 Å². The normalized spacial score (nSPS) is 28.4. The molecule has 0 saturated carbocycles. The number of hydrogen-bond acceptors (Lipinski definition) is 2. The Balaban J connectivity index is 1.54. The highest BCUT2D eigenvalue weighted by atomic mass is 16.5. The van der Waals surface area contributed by atoms with Gasteiger partial charge >= 0.3 is 0 Å². The first-order valence-electron chi connectivity index (χ1n) is 11.8. The molecule has 0 amide bonds. The van der Waals surface area contributed by atoms with Gasteiger partial charge in [0.2, 0.25) is 0 Å². The van der Waals surface area contributed by atoms with Crippen LogP contribution in [0.1, 0.15) is 68.2 Å². The van der Waals surface area contributed by atoms with Crippen molar-refractivity contribution < 1.29 is 9.47 Å². The molecule has 33 heavy (non-hydrogen) atoms. The molecule has 4 aromatic carbocycles. The van der Waals surface area contributed by atoms with Gasteiger partial charge in [-0.15, -0.1) is 0 Å². The van der Waals surface area contributed by atoms with Crippen molar-refractivity contribution in [2.24, 2.45) is 5.41 Å². The van der Waals surface area contributed by atoms with Crippen LogP contribution >= 0.6 is 0 Å². The van der Waals surface area contributed by atoms with Gasteiger partial charge in [-0.05, 0) is 68.8 Å². The van der Waals surface area contributed by atoms with E-state index >= 15 is 0 Å². The molecule has 0 aliphatic heterocycles. The van der Waals surface area contributed by atoms with E-state index in [4.69, 9.17) is 9.47 Å². The number of rotatable bonds is 2. The Morgan fingerprint density at radius 3 is 1.15 bits per heavy atom. The lowest BCUT2D eigenvalue weighted by Gasteiger charge is -2.37. The molecule has 160 valence electrons. The molecule has 0 N–H and O–H groups in total. The van der Waals surface area contributed by atoms with Crippen molar-refractivity contribution in [3.63, 3.8) is 0 Å². The average molecular weight is 429 g/mol. The summed E-state index contributed by atoms with van der Waals surface area (Å²) in [6.07, 6.45) is 0. The Morgan fingerprint density at radius 2 is 0.788 bits per heavy atom. The van der Waals surface area contributed by atoms with Crippen molar-refractivity contribution in [1.82, 2.24) is 0 Å². The summed E-state index contributed by atoms with van der Waals surface area (Å²) in [5.74, 6) is 3.36. The molecule has 0 fully saturated rings. The van der Waals surface area contributed by atoms with Crippen LogP contribution in [0.25, 0.3) is 0 Å². The standard InChI is InChI=1S/C31H24O2/c1-32-17-11-13-23-25(15-17)29-21-9-5-6-10-22(21)30-26-16-18(33-2)12-14-24(26)28-20-8-4-3-7-19(20)27(23)31(28,29)30/h3-16,27-30H,1-2H3/t27-,28-,29-,30-,31?/m1/s1. The molecule has 0 heterocycles. The van der Waals surface area contributed by atoms with Crippen LogP contribution in [0, 0.1) is 5.41 Å². The molecule has 0 saturated heterocycles. The smallest absolute Gasteiger partial charge is 0.119 e. The third-order valence-electron chi connectivity index (χ3n) is 9.07. The highest BCUT2D eigenvalue weighted by Crippen LogP contribution is 2.83. The second-order valence-corrected chi connectivity index (χ2v) is 9.98. The van der Waals surface area contributed by atoms with Gasteiger partial charge in [-0.3, -0.25) is 0 Å². The van der Waals surface area contributed by atoms with Gasteiger partial charge in [0.1, 0.15) is 11.5 Å². The molecule has 8 rings (SSSR count). The van der Waals surface area contributed by atoms with Crippen LogP contribution in [-0.2, 0) is 0 Å². The maximum atomic E-state index is 5.71. The number of fused-ring (bicyclic) bond motifs is 12. The minimum atomic E-state index is 0.0524. The summed E-state index contributed by atoms with van der Waals surface area (Å²) in [6.45, 7) is 0. The molecule has 0 radical (unpaired) electrons. The van der Waals surface area contributed by atoms with E-state index in [1.165, 1.54) is 44.5 Å². The Bertz CT molecular complexity index is 1370. The maximum absolute atomic E-state index is 5.71. The summed E-state index contributed by atoms with van der Waals surface area (Å²) in [7, 11) is 3.55. The molecule has 4 aliphatic rings. The van der Waals surface area contributed by atoms with Crippen LogP contribution < -0.4 is 9.47 Å². The summed E-state index contributed by atoms with van der Waals surface area (Å²) < 4.78 is 11.4. The topological polar surface area (TPSA) is 18.5 Å². The first-order valence-corrected chi connectivity index (χ1v) is 11.8. The van der Waals surface area contributed by atoms with E-state index in [1.54, 1.807) is 14.2 Å². The second kappa shape index (κ2) is 5.88. The Labute approximate surface area is 193 Å². The Morgan fingerprint density at radius 1 is 0.455 bits per heavy atom. The molecule has 0 bridgehead atoms.